The molecule has 0 unspecified atom stereocenters. The summed E-state index contributed by atoms with van der Waals surface area (Å²) in [7, 11) is 3.25. The standard InChI is InChI=1S/C15H24N2O2S/c1-5-17(6-2)10-9-16-15(20)12-7-8-13(18-3)14(11-12)19-4/h7-8,11H,5-6,9-10H2,1-4H3,(H,16,20). The van der Waals surface area contributed by atoms with Crippen molar-refractivity contribution in [2.24, 2.45) is 0 Å². The first-order chi connectivity index (χ1) is 9.65. The zero-order valence-electron chi connectivity index (χ0n) is 12.7. The second kappa shape index (κ2) is 8.76. The number of benzene rings is 1. The van der Waals surface area contributed by atoms with E-state index < -0.39 is 0 Å². The summed E-state index contributed by atoms with van der Waals surface area (Å²) in [5.74, 6) is 1.40. The summed E-state index contributed by atoms with van der Waals surface area (Å²) < 4.78 is 10.5. The van der Waals surface area contributed by atoms with E-state index in [4.69, 9.17) is 21.7 Å². The molecule has 0 saturated heterocycles. The molecule has 0 heterocycles. The fourth-order valence-electron chi connectivity index (χ4n) is 1.95. The third-order valence-corrected chi connectivity index (χ3v) is 3.63. The molecule has 0 fully saturated rings. The van der Waals surface area contributed by atoms with E-state index in [1.165, 1.54) is 0 Å². The Bertz CT molecular complexity index is 434. The molecule has 20 heavy (non-hydrogen) atoms. The molecule has 0 aliphatic heterocycles. The lowest BCUT2D eigenvalue weighted by Gasteiger charge is -2.19. The molecule has 0 atom stereocenters. The Morgan fingerprint density at radius 1 is 1.15 bits per heavy atom. The van der Waals surface area contributed by atoms with Gasteiger partial charge in [-0.15, -0.1) is 0 Å². The van der Waals surface area contributed by atoms with Gasteiger partial charge < -0.3 is 19.7 Å². The molecule has 5 heteroatoms. The molecule has 112 valence electrons. The van der Waals surface area contributed by atoms with Crippen LogP contribution >= 0.6 is 12.2 Å². The Balaban J connectivity index is 2.59. The van der Waals surface area contributed by atoms with Crippen molar-refractivity contribution in [2.75, 3.05) is 40.4 Å². The predicted molar refractivity (Wildman–Crippen MR) is 87.0 cm³/mol. The molecule has 4 nitrogen and oxygen atoms in total. The monoisotopic (exact) mass is 296 g/mol. The van der Waals surface area contributed by atoms with E-state index in [2.05, 4.69) is 24.1 Å². The number of likely N-dealkylation sites (N-methyl/N-ethyl adjacent to an activating group) is 1. The molecular weight excluding hydrogens is 272 g/mol. The van der Waals surface area contributed by atoms with Crippen molar-refractivity contribution in [2.45, 2.75) is 13.8 Å². The highest BCUT2D eigenvalue weighted by Crippen LogP contribution is 2.27. The van der Waals surface area contributed by atoms with Gasteiger partial charge in [0.15, 0.2) is 11.5 Å². The Hall–Kier alpha value is -1.33. The van der Waals surface area contributed by atoms with Crippen LogP contribution in [0.3, 0.4) is 0 Å². The van der Waals surface area contributed by atoms with Crippen LogP contribution in [0.4, 0.5) is 0 Å². The average Bonchev–Trinajstić information content (AvgIpc) is 2.50. The minimum absolute atomic E-state index is 0.692. The van der Waals surface area contributed by atoms with Crippen molar-refractivity contribution < 1.29 is 9.47 Å². The molecule has 1 aromatic rings. The lowest BCUT2D eigenvalue weighted by Crippen LogP contribution is -2.34. The Labute approximate surface area is 127 Å². The van der Waals surface area contributed by atoms with Gasteiger partial charge in [-0.1, -0.05) is 26.1 Å². The van der Waals surface area contributed by atoms with Gasteiger partial charge in [0.05, 0.1) is 14.2 Å². The van der Waals surface area contributed by atoms with Crippen LogP contribution in [0.15, 0.2) is 18.2 Å². The normalized spacial score (nSPS) is 10.4. The van der Waals surface area contributed by atoms with Crippen LogP contribution in [0.25, 0.3) is 0 Å². The first-order valence-electron chi connectivity index (χ1n) is 6.88. The highest BCUT2D eigenvalue weighted by molar-refractivity contribution is 7.80. The third kappa shape index (κ3) is 4.65. The van der Waals surface area contributed by atoms with Gasteiger partial charge in [-0.2, -0.15) is 0 Å². The van der Waals surface area contributed by atoms with E-state index in [-0.39, 0.29) is 0 Å². The molecule has 1 N–H and O–H groups in total. The van der Waals surface area contributed by atoms with Crippen molar-refractivity contribution in [1.29, 1.82) is 0 Å². The zero-order valence-corrected chi connectivity index (χ0v) is 13.5. The molecule has 1 aromatic carbocycles. The smallest absolute Gasteiger partial charge is 0.161 e. The lowest BCUT2D eigenvalue weighted by atomic mass is 10.2. The SMILES string of the molecule is CCN(CC)CCNC(=S)c1ccc(OC)c(OC)c1. The fourth-order valence-corrected chi connectivity index (χ4v) is 2.18. The number of hydrogen-bond acceptors (Lipinski definition) is 4. The fraction of sp³-hybridized carbons (Fsp3) is 0.533. The van der Waals surface area contributed by atoms with Gasteiger partial charge >= 0.3 is 0 Å². The maximum atomic E-state index is 5.41. The van der Waals surface area contributed by atoms with Crippen LogP contribution in [0.5, 0.6) is 11.5 Å². The van der Waals surface area contributed by atoms with Gasteiger partial charge in [0.2, 0.25) is 0 Å². The molecule has 0 spiro atoms. The molecule has 0 bridgehead atoms. The Morgan fingerprint density at radius 3 is 2.35 bits per heavy atom. The maximum Gasteiger partial charge on any atom is 0.161 e. The van der Waals surface area contributed by atoms with Crippen molar-refractivity contribution in [1.82, 2.24) is 10.2 Å². The first kappa shape index (κ1) is 16.7. The summed E-state index contributed by atoms with van der Waals surface area (Å²) in [6.07, 6.45) is 0. The van der Waals surface area contributed by atoms with Gasteiger partial charge in [-0.25, -0.2) is 0 Å². The number of thiocarbonyl (C=S) groups is 1. The summed E-state index contributed by atoms with van der Waals surface area (Å²) in [5.41, 5.74) is 0.942. The molecule has 0 aromatic heterocycles. The lowest BCUT2D eigenvalue weighted by molar-refractivity contribution is 0.309. The van der Waals surface area contributed by atoms with Crippen LogP contribution in [-0.2, 0) is 0 Å². The first-order valence-corrected chi connectivity index (χ1v) is 7.29. The van der Waals surface area contributed by atoms with Crippen LogP contribution < -0.4 is 14.8 Å². The van der Waals surface area contributed by atoms with E-state index in [9.17, 15) is 0 Å². The molecule has 0 saturated carbocycles. The molecular formula is C15H24N2O2S. The highest BCUT2D eigenvalue weighted by atomic mass is 32.1. The largest absolute Gasteiger partial charge is 0.493 e. The quantitative estimate of drug-likeness (QED) is 0.745. The minimum atomic E-state index is 0.692. The van der Waals surface area contributed by atoms with Crippen LogP contribution in [-0.4, -0.2) is 50.3 Å². The van der Waals surface area contributed by atoms with E-state index >= 15 is 0 Å². The Morgan fingerprint density at radius 2 is 1.80 bits per heavy atom. The van der Waals surface area contributed by atoms with Crippen molar-refractivity contribution in [3.8, 4) is 11.5 Å². The summed E-state index contributed by atoms with van der Waals surface area (Å²) in [6.45, 7) is 8.27. The summed E-state index contributed by atoms with van der Waals surface area (Å²) in [6, 6.07) is 5.70. The predicted octanol–water partition coefficient (Wildman–Crippen LogP) is 2.31. The second-order valence-electron chi connectivity index (χ2n) is 4.35. The highest BCUT2D eigenvalue weighted by Gasteiger charge is 2.08. The number of methoxy groups -OCH3 is 2. The van der Waals surface area contributed by atoms with Gasteiger partial charge in [0, 0.05) is 18.7 Å². The molecule has 0 amide bonds. The maximum absolute atomic E-state index is 5.41. The molecule has 0 radical (unpaired) electrons. The summed E-state index contributed by atoms with van der Waals surface area (Å²) in [5, 5.41) is 3.28. The molecule has 0 aliphatic carbocycles. The number of nitrogens with zero attached hydrogens (tertiary/aromatic N) is 1. The van der Waals surface area contributed by atoms with Crippen LogP contribution in [0.2, 0.25) is 0 Å². The number of hydrogen-bond donors (Lipinski definition) is 1. The minimum Gasteiger partial charge on any atom is -0.493 e. The number of rotatable bonds is 8. The average molecular weight is 296 g/mol. The summed E-state index contributed by atoms with van der Waals surface area (Å²) in [4.78, 5) is 3.09. The Kier molecular flexibility index (Phi) is 7.33. The van der Waals surface area contributed by atoms with Gasteiger partial charge in [0.25, 0.3) is 0 Å². The number of nitrogens with one attached hydrogen (secondary N) is 1. The summed E-state index contributed by atoms with van der Waals surface area (Å²) >= 11 is 5.41. The van der Waals surface area contributed by atoms with Gasteiger partial charge in [0.1, 0.15) is 4.99 Å². The zero-order chi connectivity index (χ0) is 15.0. The van der Waals surface area contributed by atoms with E-state index in [0.717, 1.165) is 36.7 Å². The number of ether oxygens (including phenoxy) is 2. The van der Waals surface area contributed by atoms with Gasteiger partial charge in [-0.05, 0) is 31.3 Å². The third-order valence-electron chi connectivity index (χ3n) is 3.25. The van der Waals surface area contributed by atoms with E-state index in [0.29, 0.717) is 11.5 Å². The van der Waals surface area contributed by atoms with E-state index in [1.54, 1.807) is 14.2 Å². The second-order valence-corrected chi connectivity index (χ2v) is 4.76. The van der Waals surface area contributed by atoms with Crippen molar-refractivity contribution >= 4 is 17.2 Å². The van der Waals surface area contributed by atoms with Gasteiger partial charge in [-0.3, -0.25) is 0 Å². The van der Waals surface area contributed by atoms with Crippen LogP contribution in [0, 0.1) is 0 Å². The topological polar surface area (TPSA) is 33.7 Å². The van der Waals surface area contributed by atoms with Crippen LogP contribution in [0.1, 0.15) is 19.4 Å². The molecule has 1 rings (SSSR count). The van der Waals surface area contributed by atoms with Crippen molar-refractivity contribution in [3.05, 3.63) is 23.8 Å². The van der Waals surface area contributed by atoms with E-state index in [1.807, 2.05) is 18.2 Å². The molecule has 0 aliphatic rings. The van der Waals surface area contributed by atoms with Crippen molar-refractivity contribution in [3.63, 3.8) is 0 Å².